The van der Waals surface area contributed by atoms with Crippen LogP contribution in [-0.2, 0) is 11.3 Å². The highest BCUT2D eigenvalue weighted by atomic mass is 16.3. The van der Waals surface area contributed by atoms with Crippen LogP contribution in [0.4, 0.5) is 5.69 Å². The number of carbonyl (C=O) groups excluding carboxylic acids is 1. The second-order valence-electron chi connectivity index (χ2n) is 6.11. The number of benzene rings is 2. The van der Waals surface area contributed by atoms with Gasteiger partial charge in [0, 0.05) is 5.69 Å². The number of amides is 1. The predicted molar refractivity (Wildman–Crippen MR) is 92.7 cm³/mol. The first kappa shape index (κ1) is 16.6. The number of aryl methyl sites for hydroxylation is 1. The van der Waals surface area contributed by atoms with Crippen molar-refractivity contribution in [3.05, 3.63) is 53.6 Å². The summed E-state index contributed by atoms with van der Waals surface area (Å²) in [7, 11) is 0. The van der Waals surface area contributed by atoms with Gasteiger partial charge in [0.05, 0.1) is 23.7 Å². The van der Waals surface area contributed by atoms with E-state index < -0.39 is 11.5 Å². The number of hydrogen-bond acceptors (Lipinski definition) is 5. The maximum atomic E-state index is 12.5. The fourth-order valence-electron chi connectivity index (χ4n) is 2.53. The van der Waals surface area contributed by atoms with Gasteiger partial charge in [-0.15, -0.1) is 5.10 Å². The Hall–Kier alpha value is -3.24. The molecule has 2 N–H and O–H groups in total. The smallest absolute Gasteiger partial charge is 0.257 e. The molecule has 3 aromatic rings. The highest BCUT2D eigenvalue weighted by Gasteiger charge is 2.32. The molecule has 0 fully saturated rings. The van der Waals surface area contributed by atoms with E-state index in [1.165, 1.54) is 11.6 Å². The number of aromatic nitrogens is 3. The van der Waals surface area contributed by atoms with Gasteiger partial charge < -0.3 is 10.4 Å². The summed E-state index contributed by atoms with van der Waals surface area (Å²) in [6.45, 7) is 3.18. The summed E-state index contributed by atoms with van der Waals surface area (Å²) in [5, 5.41) is 30.2. The van der Waals surface area contributed by atoms with Crippen molar-refractivity contribution in [2.24, 2.45) is 0 Å². The van der Waals surface area contributed by atoms with Crippen LogP contribution >= 0.6 is 0 Å². The zero-order valence-corrected chi connectivity index (χ0v) is 13.9. The quantitative estimate of drug-likeness (QED) is 0.759. The normalized spacial score (nSPS) is 13.2. The summed E-state index contributed by atoms with van der Waals surface area (Å²) >= 11 is 0. The van der Waals surface area contributed by atoms with E-state index >= 15 is 0 Å². The van der Waals surface area contributed by atoms with Gasteiger partial charge in [-0.25, -0.2) is 4.68 Å². The minimum atomic E-state index is -1.68. The molecule has 126 valence electrons. The van der Waals surface area contributed by atoms with Crippen molar-refractivity contribution in [3.8, 4) is 6.07 Å². The average molecular weight is 335 g/mol. The minimum Gasteiger partial charge on any atom is -0.378 e. The number of anilines is 1. The van der Waals surface area contributed by atoms with Crippen molar-refractivity contribution in [2.45, 2.75) is 26.0 Å². The summed E-state index contributed by atoms with van der Waals surface area (Å²) in [6.07, 6.45) is 0. The molecule has 7 nitrogen and oxygen atoms in total. The van der Waals surface area contributed by atoms with Crippen molar-refractivity contribution >= 4 is 22.6 Å². The van der Waals surface area contributed by atoms with Gasteiger partial charge in [-0.1, -0.05) is 17.3 Å². The molecule has 0 spiro atoms. The number of rotatable bonds is 4. The van der Waals surface area contributed by atoms with Crippen LogP contribution in [0.25, 0.3) is 11.0 Å². The molecule has 3 rings (SSSR count). The van der Waals surface area contributed by atoms with E-state index in [1.807, 2.05) is 24.3 Å². The lowest BCUT2D eigenvalue weighted by Crippen LogP contribution is -2.44. The Kier molecular flexibility index (Phi) is 4.21. The molecule has 2 aromatic carbocycles. The van der Waals surface area contributed by atoms with Crippen LogP contribution < -0.4 is 5.32 Å². The second kappa shape index (κ2) is 6.34. The van der Waals surface area contributed by atoms with E-state index in [0.717, 1.165) is 11.1 Å². The van der Waals surface area contributed by atoms with Gasteiger partial charge in [-0.2, -0.15) is 5.26 Å². The lowest BCUT2D eigenvalue weighted by molar-refractivity contribution is -0.133. The summed E-state index contributed by atoms with van der Waals surface area (Å²) in [6, 6.07) is 14.4. The van der Waals surface area contributed by atoms with Gasteiger partial charge >= 0.3 is 0 Å². The number of nitrogens with one attached hydrogen (secondary N) is 1. The molecule has 1 atom stereocenters. The van der Waals surface area contributed by atoms with Gasteiger partial charge in [-0.05, 0) is 49.7 Å². The van der Waals surface area contributed by atoms with E-state index in [4.69, 9.17) is 5.26 Å². The molecule has 1 aromatic heterocycles. The van der Waals surface area contributed by atoms with Gasteiger partial charge in [0.2, 0.25) is 0 Å². The molecule has 0 radical (unpaired) electrons. The Balaban J connectivity index is 1.78. The van der Waals surface area contributed by atoms with Crippen LogP contribution in [0.15, 0.2) is 42.5 Å². The van der Waals surface area contributed by atoms with Gasteiger partial charge in [-0.3, -0.25) is 4.79 Å². The van der Waals surface area contributed by atoms with E-state index in [-0.39, 0.29) is 6.54 Å². The minimum absolute atomic E-state index is 0.0331. The highest BCUT2D eigenvalue weighted by Crippen LogP contribution is 2.18. The highest BCUT2D eigenvalue weighted by molar-refractivity contribution is 5.97. The number of nitriles is 1. The number of carbonyl (C=O) groups is 1. The molecule has 7 heteroatoms. The van der Waals surface area contributed by atoms with E-state index in [9.17, 15) is 9.90 Å². The number of hydrogen-bond donors (Lipinski definition) is 2. The van der Waals surface area contributed by atoms with Crippen LogP contribution in [0.3, 0.4) is 0 Å². The van der Waals surface area contributed by atoms with E-state index in [1.54, 1.807) is 25.1 Å². The first-order valence-corrected chi connectivity index (χ1v) is 7.73. The maximum Gasteiger partial charge on any atom is 0.257 e. The Bertz CT molecular complexity index is 985. The summed E-state index contributed by atoms with van der Waals surface area (Å²) in [5.74, 6) is -0.559. The van der Waals surface area contributed by atoms with E-state index in [0.29, 0.717) is 16.8 Å². The van der Waals surface area contributed by atoms with Crippen LogP contribution in [-0.4, -0.2) is 31.6 Å². The molecular weight excluding hydrogens is 318 g/mol. The molecule has 0 bridgehead atoms. The van der Waals surface area contributed by atoms with Gasteiger partial charge in [0.15, 0.2) is 5.60 Å². The van der Waals surface area contributed by atoms with Gasteiger partial charge in [0.25, 0.3) is 5.91 Å². The SMILES string of the molecule is Cc1cc(NC(=O)[C@@](C)(O)Cn2nnc3ccccc32)ccc1C#N. The fraction of sp³-hybridized carbons (Fsp3) is 0.222. The van der Waals surface area contributed by atoms with Crippen molar-refractivity contribution < 1.29 is 9.90 Å². The molecule has 0 aliphatic rings. The molecule has 1 heterocycles. The number of para-hydroxylation sites is 1. The monoisotopic (exact) mass is 335 g/mol. The van der Waals surface area contributed by atoms with Crippen LogP contribution in [0.5, 0.6) is 0 Å². The van der Waals surface area contributed by atoms with Crippen LogP contribution in [0, 0.1) is 18.3 Å². The molecule has 0 unspecified atom stereocenters. The molecule has 0 saturated carbocycles. The number of fused-ring (bicyclic) bond motifs is 1. The van der Waals surface area contributed by atoms with Crippen molar-refractivity contribution in [1.29, 1.82) is 5.26 Å². The third-order valence-corrected chi connectivity index (χ3v) is 3.97. The first-order valence-electron chi connectivity index (χ1n) is 7.73. The fourth-order valence-corrected chi connectivity index (χ4v) is 2.53. The molecule has 0 saturated heterocycles. The Morgan fingerprint density at radius 1 is 1.36 bits per heavy atom. The maximum absolute atomic E-state index is 12.5. The molecule has 0 aliphatic heterocycles. The summed E-state index contributed by atoms with van der Waals surface area (Å²) in [5.41, 5.74) is 1.57. The van der Waals surface area contributed by atoms with Crippen LogP contribution in [0.2, 0.25) is 0 Å². The lowest BCUT2D eigenvalue weighted by atomic mass is 10.0. The standard InChI is InChI=1S/C18H17N5O2/c1-12-9-14(8-7-13(12)10-19)20-17(24)18(2,25)11-23-16-6-4-3-5-15(16)21-22-23/h3-9,25H,11H2,1-2H3,(H,20,24)/t18-/m0/s1. The molecule has 25 heavy (non-hydrogen) atoms. The lowest BCUT2D eigenvalue weighted by Gasteiger charge is -2.22. The topological polar surface area (TPSA) is 104 Å². The number of aliphatic hydroxyl groups is 1. The zero-order valence-electron chi connectivity index (χ0n) is 13.9. The number of nitrogens with zero attached hydrogens (tertiary/aromatic N) is 4. The third-order valence-electron chi connectivity index (χ3n) is 3.97. The largest absolute Gasteiger partial charge is 0.378 e. The second-order valence-corrected chi connectivity index (χ2v) is 6.11. The summed E-state index contributed by atoms with van der Waals surface area (Å²) in [4.78, 5) is 12.5. The van der Waals surface area contributed by atoms with E-state index in [2.05, 4.69) is 21.7 Å². The molecule has 0 aliphatic carbocycles. The molecule has 1 amide bonds. The Morgan fingerprint density at radius 2 is 2.12 bits per heavy atom. The van der Waals surface area contributed by atoms with Crippen LogP contribution in [0.1, 0.15) is 18.1 Å². The zero-order chi connectivity index (χ0) is 18.0. The third kappa shape index (κ3) is 3.34. The van der Waals surface area contributed by atoms with Crippen molar-refractivity contribution in [1.82, 2.24) is 15.0 Å². The predicted octanol–water partition coefficient (Wildman–Crippen LogP) is 2.00. The first-order chi connectivity index (χ1) is 11.9. The summed E-state index contributed by atoms with van der Waals surface area (Å²) < 4.78 is 1.50. The van der Waals surface area contributed by atoms with Crippen molar-refractivity contribution in [3.63, 3.8) is 0 Å². The Morgan fingerprint density at radius 3 is 2.84 bits per heavy atom. The Labute approximate surface area is 144 Å². The molecular formula is C18H17N5O2. The van der Waals surface area contributed by atoms with Crippen molar-refractivity contribution in [2.75, 3.05) is 5.32 Å². The van der Waals surface area contributed by atoms with Gasteiger partial charge in [0.1, 0.15) is 5.52 Å². The average Bonchev–Trinajstić information content (AvgIpc) is 2.97.